The Morgan fingerprint density at radius 3 is 3.07 bits per heavy atom. The molecule has 1 aromatic heterocycles. The van der Waals surface area contributed by atoms with Crippen molar-refractivity contribution in [3.63, 3.8) is 0 Å². The Hall–Kier alpha value is -1.59. The number of hydrogen-bond donors (Lipinski definition) is 3. The Balaban J connectivity index is 1.92. The molecule has 14 heavy (non-hydrogen) atoms. The van der Waals surface area contributed by atoms with Crippen molar-refractivity contribution < 1.29 is 0 Å². The first-order chi connectivity index (χ1) is 6.75. The summed E-state index contributed by atoms with van der Waals surface area (Å²) in [5, 5.41) is 13.1. The fraction of sp³-hybridized carbons (Fsp3) is 0.625. The first-order valence-electron chi connectivity index (χ1n) is 4.68. The molecule has 0 fully saturated rings. The van der Waals surface area contributed by atoms with Crippen LogP contribution in [-0.2, 0) is 0 Å². The molecule has 2 heterocycles. The molecule has 0 saturated heterocycles. The molecule has 1 aliphatic heterocycles. The van der Waals surface area contributed by atoms with Gasteiger partial charge in [-0.1, -0.05) is 0 Å². The molecular weight excluding hydrogens is 180 g/mol. The summed E-state index contributed by atoms with van der Waals surface area (Å²) in [7, 11) is 0. The lowest BCUT2D eigenvalue weighted by atomic mass is 10.3. The molecule has 0 amide bonds. The summed E-state index contributed by atoms with van der Waals surface area (Å²) in [5.41, 5.74) is 0. The summed E-state index contributed by atoms with van der Waals surface area (Å²) in [4.78, 5) is 8.36. The predicted molar refractivity (Wildman–Crippen MR) is 52.8 cm³/mol. The second-order valence-corrected chi connectivity index (χ2v) is 3.47. The maximum Gasteiger partial charge on any atom is 0.192 e. The molecule has 0 radical (unpaired) electrons. The molecule has 3 N–H and O–H groups in total. The monoisotopic (exact) mass is 194 g/mol. The first kappa shape index (κ1) is 8.98. The standard InChI is InChI=1S/C8H14N6/c1-5-3-9-8(12-5)13-6(2)7-10-4-11-14-7/h4-6H,3H2,1-2H3,(H2,9,12,13)(H,10,11,14). The van der Waals surface area contributed by atoms with Crippen molar-refractivity contribution in [1.82, 2.24) is 25.8 Å². The van der Waals surface area contributed by atoms with Gasteiger partial charge in [-0.15, -0.1) is 0 Å². The lowest BCUT2D eigenvalue weighted by Crippen LogP contribution is -2.39. The topological polar surface area (TPSA) is 78.0 Å². The van der Waals surface area contributed by atoms with Crippen molar-refractivity contribution >= 4 is 5.96 Å². The molecule has 0 saturated carbocycles. The predicted octanol–water partition coefficient (Wildman–Crippen LogP) is -0.197. The minimum atomic E-state index is 0.0917. The zero-order valence-electron chi connectivity index (χ0n) is 8.28. The number of rotatable bonds is 2. The number of guanidine groups is 1. The van der Waals surface area contributed by atoms with Crippen LogP contribution in [-0.4, -0.2) is 33.7 Å². The van der Waals surface area contributed by atoms with Crippen LogP contribution in [0.15, 0.2) is 11.3 Å². The smallest absolute Gasteiger partial charge is 0.192 e. The van der Waals surface area contributed by atoms with Gasteiger partial charge in [0.05, 0.1) is 12.6 Å². The number of aromatic nitrogens is 3. The van der Waals surface area contributed by atoms with Crippen molar-refractivity contribution in [2.24, 2.45) is 4.99 Å². The summed E-state index contributed by atoms with van der Waals surface area (Å²) in [6, 6.07) is 0.508. The van der Waals surface area contributed by atoms with Crippen molar-refractivity contribution in [2.75, 3.05) is 6.54 Å². The molecule has 0 aliphatic carbocycles. The van der Waals surface area contributed by atoms with Gasteiger partial charge in [-0.3, -0.25) is 10.1 Å². The van der Waals surface area contributed by atoms with Gasteiger partial charge < -0.3 is 10.6 Å². The van der Waals surface area contributed by atoms with Gasteiger partial charge in [0.25, 0.3) is 0 Å². The summed E-state index contributed by atoms with van der Waals surface area (Å²) < 4.78 is 0. The van der Waals surface area contributed by atoms with Crippen molar-refractivity contribution in [3.05, 3.63) is 12.2 Å². The lowest BCUT2D eigenvalue weighted by molar-refractivity contribution is 0.643. The largest absolute Gasteiger partial charge is 0.352 e. The first-order valence-corrected chi connectivity index (χ1v) is 4.68. The van der Waals surface area contributed by atoms with Gasteiger partial charge in [0.15, 0.2) is 5.96 Å². The van der Waals surface area contributed by atoms with Gasteiger partial charge in [0, 0.05) is 6.04 Å². The van der Waals surface area contributed by atoms with Gasteiger partial charge in [-0.2, -0.15) is 5.10 Å². The number of nitrogens with one attached hydrogen (secondary N) is 3. The molecule has 0 bridgehead atoms. The molecule has 2 rings (SSSR count). The Labute approximate surface area is 82.2 Å². The van der Waals surface area contributed by atoms with Gasteiger partial charge in [0.1, 0.15) is 12.2 Å². The Morgan fingerprint density at radius 2 is 2.50 bits per heavy atom. The number of nitrogens with zero attached hydrogens (tertiary/aromatic N) is 3. The second-order valence-electron chi connectivity index (χ2n) is 3.47. The molecule has 2 atom stereocenters. The number of H-pyrrole nitrogens is 1. The molecule has 76 valence electrons. The summed E-state index contributed by atoms with van der Waals surface area (Å²) >= 11 is 0. The molecule has 0 aromatic carbocycles. The van der Waals surface area contributed by atoms with Gasteiger partial charge in [0.2, 0.25) is 0 Å². The maximum absolute atomic E-state index is 4.30. The Morgan fingerprint density at radius 1 is 1.64 bits per heavy atom. The highest BCUT2D eigenvalue weighted by Crippen LogP contribution is 2.04. The van der Waals surface area contributed by atoms with E-state index in [9.17, 15) is 0 Å². The zero-order valence-corrected chi connectivity index (χ0v) is 8.28. The normalized spacial score (nSPS) is 22.7. The van der Waals surface area contributed by atoms with Crippen LogP contribution in [0.1, 0.15) is 25.7 Å². The summed E-state index contributed by atoms with van der Waals surface area (Å²) in [6.45, 7) is 4.93. The average Bonchev–Trinajstić information content (AvgIpc) is 2.75. The van der Waals surface area contributed by atoms with Crippen LogP contribution in [0, 0.1) is 0 Å². The van der Waals surface area contributed by atoms with E-state index < -0.39 is 0 Å². The highest BCUT2D eigenvalue weighted by Gasteiger charge is 2.15. The van der Waals surface area contributed by atoms with Crippen LogP contribution in [0.5, 0.6) is 0 Å². The average molecular weight is 194 g/mol. The third-order valence-electron chi connectivity index (χ3n) is 2.10. The molecule has 2 unspecified atom stereocenters. The van der Waals surface area contributed by atoms with Crippen LogP contribution in [0.4, 0.5) is 0 Å². The van der Waals surface area contributed by atoms with Crippen LogP contribution >= 0.6 is 0 Å². The highest BCUT2D eigenvalue weighted by atomic mass is 15.3. The van der Waals surface area contributed by atoms with E-state index in [0.29, 0.717) is 6.04 Å². The van der Waals surface area contributed by atoms with Crippen LogP contribution < -0.4 is 10.6 Å². The van der Waals surface area contributed by atoms with E-state index in [2.05, 4.69) is 37.7 Å². The molecule has 0 spiro atoms. The van der Waals surface area contributed by atoms with Gasteiger partial charge in [-0.25, -0.2) is 4.98 Å². The number of aromatic amines is 1. The summed E-state index contributed by atoms with van der Waals surface area (Å²) in [6.07, 6.45) is 1.50. The zero-order chi connectivity index (χ0) is 9.97. The maximum atomic E-state index is 4.30. The Kier molecular flexibility index (Phi) is 2.34. The molecular formula is C8H14N6. The van der Waals surface area contributed by atoms with Crippen LogP contribution in [0.3, 0.4) is 0 Å². The minimum Gasteiger partial charge on any atom is -0.352 e. The third kappa shape index (κ3) is 1.84. The number of aliphatic imine (C=N–C) groups is 1. The van der Waals surface area contributed by atoms with Crippen LogP contribution in [0.25, 0.3) is 0 Å². The van der Waals surface area contributed by atoms with Gasteiger partial charge in [-0.05, 0) is 13.8 Å². The summed E-state index contributed by atoms with van der Waals surface area (Å²) in [5.74, 6) is 1.65. The number of hydrogen-bond acceptors (Lipinski definition) is 5. The van der Waals surface area contributed by atoms with E-state index >= 15 is 0 Å². The van der Waals surface area contributed by atoms with E-state index in [4.69, 9.17) is 0 Å². The fourth-order valence-corrected chi connectivity index (χ4v) is 1.34. The van der Waals surface area contributed by atoms with E-state index in [1.54, 1.807) is 0 Å². The molecule has 1 aliphatic rings. The second kappa shape index (κ2) is 3.65. The molecule has 6 heteroatoms. The van der Waals surface area contributed by atoms with Gasteiger partial charge >= 0.3 is 0 Å². The lowest BCUT2D eigenvalue weighted by Gasteiger charge is -2.13. The van der Waals surface area contributed by atoms with E-state index in [0.717, 1.165) is 18.3 Å². The van der Waals surface area contributed by atoms with E-state index in [1.807, 2.05) is 6.92 Å². The molecule has 1 aromatic rings. The molecule has 6 nitrogen and oxygen atoms in total. The third-order valence-corrected chi connectivity index (χ3v) is 2.10. The van der Waals surface area contributed by atoms with Crippen molar-refractivity contribution in [3.8, 4) is 0 Å². The van der Waals surface area contributed by atoms with Crippen molar-refractivity contribution in [2.45, 2.75) is 25.9 Å². The minimum absolute atomic E-state index is 0.0917. The van der Waals surface area contributed by atoms with E-state index in [1.165, 1.54) is 6.33 Å². The highest BCUT2D eigenvalue weighted by molar-refractivity contribution is 5.81. The quantitative estimate of drug-likeness (QED) is 0.609. The van der Waals surface area contributed by atoms with Crippen molar-refractivity contribution in [1.29, 1.82) is 0 Å². The van der Waals surface area contributed by atoms with Crippen LogP contribution in [0.2, 0.25) is 0 Å². The fourth-order valence-electron chi connectivity index (χ4n) is 1.34. The van der Waals surface area contributed by atoms with E-state index in [-0.39, 0.29) is 6.04 Å². The SMILES string of the molecule is CC1CN=C(NC(C)c2ncn[nH]2)N1. The Bertz CT molecular complexity index is 317.